The van der Waals surface area contributed by atoms with E-state index >= 15 is 0 Å². The van der Waals surface area contributed by atoms with Crippen molar-refractivity contribution in [2.24, 2.45) is 5.73 Å². The molecule has 0 saturated heterocycles. The van der Waals surface area contributed by atoms with Crippen LogP contribution in [0.1, 0.15) is 20.3 Å². The van der Waals surface area contributed by atoms with Gasteiger partial charge in [0.15, 0.2) is 0 Å². The molecule has 0 aromatic heterocycles. The minimum absolute atomic E-state index is 0.130. The van der Waals surface area contributed by atoms with Crippen molar-refractivity contribution < 1.29 is 14.3 Å². The SMILES string of the molecule is CCC(C)OC(=O)/C=C\C(=O)NCCN. The van der Waals surface area contributed by atoms with Gasteiger partial charge >= 0.3 is 5.97 Å². The van der Waals surface area contributed by atoms with E-state index in [9.17, 15) is 9.59 Å². The van der Waals surface area contributed by atoms with E-state index < -0.39 is 5.97 Å². The fourth-order valence-electron chi connectivity index (χ4n) is 0.719. The van der Waals surface area contributed by atoms with Gasteiger partial charge in [-0.15, -0.1) is 0 Å². The van der Waals surface area contributed by atoms with Crippen LogP contribution in [-0.2, 0) is 14.3 Å². The monoisotopic (exact) mass is 214 g/mol. The molecule has 15 heavy (non-hydrogen) atoms. The van der Waals surface area contributed by atoms with Crippen molar-refractivity contribution in [3.05, 3.63) is 12.2 Å². The van der Waals surface area contributed by atoms with Crippen molar-refractivity contribution in [3.63, 3.8) is 0 Å². The number of esters is 1. The van der Waals surface area contributed by atoms with E-state index in [2.05, 4.69) is 5.32 Å². The number of rotatable bonds is 6. The molecule has 0 aromatic carbocycles. The lowest BCUT2D eigenvalue weighted by Crippen LogP contribution is -2.27. The molecule has 0 radical (unpaired) electrons. The second kappa shape index (κ2) is 7.99. The third kappa shape index (κ3) is 7.69. The van der Waals surface area contributed by atoms with Gasteiger partial charge in [-0.3, -0.25) is 4.79 Å². The molecule has 0 aliphatic heterocycles. The van der Waals surface area contributed by atoms with Gasteiger partial charge in [-0.25, -0.2) is 4.79 Å². The number of hydrogen-bond donors (Lipinski definition) is 2. The Labute approximate surface area is 89.7 Å². The van der Waals surface area contributed by atoms with Gasteiger partial charge in [0.25, 0.3) is 0 Å². The molecule has 0 bridgehead atoms. The number of carbonyl (C=O) groups excluding carboxylic acids is 2. The molecule has 0 aliphatic carbocycles. The quantitative estimate of drug-likeness (QED) is 0.480. The topological polar surface area (TPSA) is 81.4 Å². The lowest BCUT2D eigenvalue weighted by molar-refractivity contribution is -0.142. The number of ether oxygens (including phenoxy) is 1. The Bertz CT molecular complexity index is 239. The summed E-state index contributed by atoms with van der Waals surface area (Å²) in [6.45, 7) is 4.47. The highest BCUT2D eigenvalue weighted by molar-refractivity contribution is 5.94. The second-order valence-corrected chi connectivity index (χ2v) is 3.07. The van der Waals surface area contributed by atoms with Gasteiger partial charge in [-0.1, -0.05) is 6.92 Å². The highest BCUT2D eigenvalue weighted by atomic mass is 16.5. The Morgan fingerprint density at radius 3 is 2.67 bits per heavy atom. The van der Waals surface area contributed by atoms with Crippen LogP contribution >= 0.6 is 0 Å². The fraction of sp³-hybridized carbons (Fsp3) is 0.600. The van der Waals surface area contributed by atoms with Crippen LogP contribution in [0.4, 0.5) is 0 Å². The van der Waals surface area contributed by atoms with Crippen LogP contribution in [0.3, 0.4) is 0 Å². The maximum absolute atomic E-state index is 11.1. The van der Waals surface area contributed by atoms with E-state index in [1.807, 2.05) is 6.92 Å². The second-order valence-electron chi connectivity index (χ2n) is 3.07. The standard InChI is InChI=1S/C10H18N2O3/c1-3-8(2)15-10(14)5-4-9(13)12-7-6-11/h4-5,8H,3,6-7,11H2,1-2H3,(H,12,13)/b5-4-. The van der Waals surface area contributed by atoms with E-state index in [1.54, 1.807) is 6.92 Å². The van der Waals surface area contributed by atoms with Crippen molar-refractivity contribution in [1.82, 2.24) is 5.32 Å². The summed E-state index contributed by atoms with van der Waals surface area (Å²) in [4.78, 5) is 22.1. The summed E-state index contributed by atoms with van der Waals surface area (Å²) < 4.78 is 4.92. The molecule has 0 saturated carbocycles. The zero-order valence-corrected chi connectivity index (χ0v) is 9.16. The fourth-order valence-corrected chi connectivity index (χ4v) is 0.719. The molecule has 86 valence electrons. The van der Waals surface area contributed by atoms with Crippen LogP contribution < -0.4 is 11.1 Å². The van der Waals surface area contributed by atoms with Gasteiger partial charge in [0.2, 0.25) is 5.91 Å². The smallest absolute Gasteiger partial charge is 0.331 e. The van der Waals surface area contributed by atoms with Crippen molar-refractivity contribution in [2.75, 3.05) is 13.1 Å². The van der Waals surface area contributed by atoms with Crippen molar-refractivity contribution in [1.29, 1.82) is 0 Å². The average molecular weight is 214 g/mol. The minimum atomic E-state index is -0.507. The van der Waals surface area contributed by atoms with Gasteiger partial charge < -0.3 is 15.8 Å². The first-order chi connectivity index (χ1) is 7.10. The summed E-state index contributed by atoms with van der Waals surface area (Å²) in [7, 11) is 0. The zero-order valence-electron chi connectivity index (χ0n) is 9.16. The number of nitrogens with one attached hydrogen (secondary N) is 1. The largest absolute Gasteiger partial charge is 0.460 e. The van der Waals surface area contributed by atoms with Gasteiger partial charge in [0.1, 0.15) is 0 Å². The molecule has 0 heterocycles. The average Bonchev–Trinajstić information content (AvgIpc) is 2.23. The summed E-state index contributed by atoms with van der Waals surface area (Å²) >= 11 is 0. The highest BCUT2D eigenvalue weighted by Crippen LogP contribution is 1.96. The summed E-state index contributed by atoms with van der Waals surface area (Å²) in [6, 6.07) is 0. The highest BCUT2D eigenvalue weighted by Gasteiger charge is 2.04. The molecule has 1 amide bonds. The maximum atomic E-state index is 11.1. The molecule has 5 nitrogen and oxygen atoms in total. The van der Waals surface area contributed by atoms with Crippen LogP contribution in [0.2, 0.25) is 0 Å². The lowest BCUT2D eigenvalue weighted by atomic mass is 10.3. The summed E-state index contributed by atoms with van der Waals surface area (Å²) in [5, 5.41) is 2.50. The Hall–Kier alpha value is -1.36. The van der Waals surface area contributed by atoms with E-state index in [-0.39, 0.29) is 12.0 Å². The molecule has 5 heteroatoms. The minimum Gasteiger partial charge on any atom is -0.460 e. The van der Waals surface area contributed by atoms with Gasteiger partial charge in [-0.05, 0) is 13.3 Å². The van der Waals surface area contributed by atoms with Crippen LogP contribution in [0, 0.1) is 0 Å². The van der Waals surface area contributed by atoms with Crippen molar-refractivity contribution >= 4 is 11.9 Å². The van der Waals surface area contributed by atoms with Crippen molar-refractivity contribution in [2.45, 2.75) is 26.4 Å². The number of hydrogen-bond acceptors (Lipinski definition) is 4. The first-order valence-corrected chi connectivity index (χ1v) is 4.96. The third-order valence-electron chi connectivity index (χ3n) is 1.71. The molecule has 0 aliphatic rings. The predicted molar refractivity (Wildman–Crippen MR) is 57.0 cm³/mol. The summed E-state index contributed by atoms with van der Waals surface area (Å²) in [6.07, 6.45) is 2.87. The first kappa shape index (κ1) is 13.6. The van der Waals surface area contributed by atoms with Crippen molar-refractivity contribution in [3.8, 4) is 0 Å². The van der Waals surface area contributed by atoms with Gasteiger partial charge in [0.05, 0.1) is 6.10 Å². The Morgan fingerprint density at radius 2 is 2.13 bits per heavy atom. The number of amides is 1. The normalized spacial score (nSPS) is 12.5. The van der Waals surface area contributed by atoms with Crippen LogP contribution in [0.15, 0.2) is 12.2 Å². The van der Waals surface area contributed by atoms with E-state index in [0.29, 0.717) is 13.1 Å². The molecule has 0 aromatic rings. The van der Waals surface area contributed by atoms with Crippen LogP contribution in [0.25, 0.3) is 0 Å². The molecule has 1 atom stereocenters. The van der Waals surface area contributed by atoms with Gasteiger partial charge in [0, 0.05) is 25.2 Å². The van der Waals surface area contributed by atoms with E-state index in [0.717, 1.165) is 18.6 Å². The molecular formula is C10H18N2O3. The Kier molecular flexibility index (Phi) is 7.27. The Balaban J connectivity index is 3.84. The van der Waals surface area contributed by atoms with Gasteiger partial charge in [-0.2, -0.15) is 0 Å². The molecule has 0 fully saturated rings. The van der Waals surface area contributed by atoms with E-state index in [1.165, 1.54) is 0 Å². The number of carbonyl (C=O) groups is 2. The molecule has 3 N–H and O–H groups in total. The van der Waals surface area contributed by atoms with E-state index in [4.69, 9.17) is 10.5 Å². The third-order valence-corrected chi connectivity index (χ3v) is 1.71. The lowest BCUT2D eigenvalue weighted by Gasteiger charge is -2.07. The van der Waals surface area contributed by atoms with Crippen LogP contribution in [0.5, 0.6) is 0 Å². The predicted octanol–water partition coefficient (Wildman–Crippen LogP) is -0.0408. The first-order valence-electron chi connectivity index (χ1n) is 4.96. The molecular weight excluding hydrogens is 196 g/mol. The van der Waals surface area contributed by atoms with Crippen LogP contribution in [-0.4, -0.2) is 31.1 Å². The Morgan fingerprint density at radius 1 is 1.47 bits per heavy atom. The summed E-state index contributed by atoms with van der Waals surface area (Å²) in [5.74, 6) is -0.853. The maximum Gasteiger partial charge on any atom is 0.331 e. The summed E-state index contributed by atoms with van der Waals surface area (Å²) in [5.41, 5.74) is 5.19. The number of nitrogens with two attached hydrogens (primary N) is 1. The molecule has 0 spiro atoms. The zero-order chi connectivity index (χ0) is 11.7. The molecule has 0 rings (SSSR count). The molecule has 1 unspecified atom stereocenters.